The summed E-state index contributed by atoms with van der Waals surface area (Å²) in [6.07, 6.45) is 0. The Labute approximate surface area is 130 Å². The molecule has 0 saturated heterocycles. The van der Waals surface area contributed by atoms with Gasteiger partial charge in [-0.25, -0.2) is 0 Å². The van der Waals surface area contributed by atoms with Gasteiger partial charge in [-0.2, -0.15) is 0 Å². The largest absolute Gasteiger partial charge is 0.484 e. The third-order valence-corrected chi connectivity index (χ3v) is 3.44. The first kappa shape index (κ1) is 14.7. The molecule has 0 heterocycles. The number of halogens is 2. The topological polar surface area (TPSA) is 64.3 Å². The van der Waals surface area contributed by atoms with E-state index >= 15 is 0 Å². The summed E-state index contributed by atoms with van der Waals surface area (Å²) in [6.45, 7) is -0.0857. The number of benzene rings is 2. The molecule has 20 heavy (non-hydrogen) atoms. The highest BCUT2D eigenvalue weighted by atomic mass is 79.9. The zero-order valence-corrected chi connectivity index (χ0v) is 12.7. The Kier molecular flexibility index (Phi) is 4.87. The normalized spacial score (nSPS) is 10.1. The Hall–Kier alpha value is -1.72. The maximum atomic E-state index is 11.7. The van der Waals surface area contributed by atoms with Crippen molar-refractivity contribution in [2.45, 2.75) is 0 Å². The molecule has 0 radical (unpaired) electrons. The van der Waals surface area contributed by atoms with Crippen LogP contribution in [0, 0.1) is 0 Å². The first-order valence-electron chi connectivity index (χ1n) is 5.78. The smallest absolute Gasteiger partial charge is 0.262 e. The number of hydrogen-bond donors (Lipinski definition) is 2. The SMILES string of the molecule is Nc1cc(NC(=O)COc2ccc(Cl)cc2)ccc1Br. The second-order valence-electron chi connectivity index (χ2n) is 4.03. The molecule has 0 aliphatic rings. The molecule has 0 aliphatic heterocycles. The predicted molar refractivity (Wildman–Crippen MR) is 84.1 cm³/mol. The fraction of sp³-hybridized carbons (Fsp3) is 0.0714. The van der Waals surface area contributed by atoms with E-state index in [1.165, 1.54) is 0 Å². The molecule has 2 rings (SSSR count). The highest BCUT2D eigenvalue weighted by molar-refractivity contribution is 9.10. The van der Waals surface area contributed by atoms with Crippen LogP contribution in [0.15, 0.2) is 46.9 Å². The number of nitrogens with one attached hydrogen (secondary N) is 1. The number of nitrogen functional groups attached to an aromatic ring is 1. The fourth-order valence-electron chi connectivity index (χ4n) is 1.50. The Morgan fingerprint density at radius 2 is 1.95 bits per heavy atom. The molecule has 3 N–H and O–H groups in total. The Balaban J connectivity index is 1.89. The lowest BCUT2D eigenvalue weighted by molar-refractivity contribution is -0.118. The number of carbonyl (C=O) groups is 1. The van der Waals surface area contributed by atoms with Gasteiger partial charge in [-0.3, -0.25) is 4.79 Å². The van der Waals surface area contributed by atoms with E-state index in [4.69, 9.17) is 22.1 Å². The maximum Gasteiger partial charge on any atom is 0.262 e. The summed E-state index contributed by atoms with van der Waals surface area (Å²) in [5.74, 6) is 0.321. The van der Waals surface area contributed by atoms with Gasteiger partial charge >= 0.3 is 0 Å². The molecule has 0 unspecified atom stereocenters. The van der Waals surface area contributed by atoms with Crippen molar-refractivity contribution < 1.29 is 9.53 Å². The Bertz CT molecular complexity index is 617. The van der Waals surface area contributed by atoms with Crippen molar-refractivity contribution in [3.63, 3.8) is 0 Å². The molecule has 0 fully saturated rings. The van der Waals surface area contributed by atoms with Gasteiger partial charge in [0.05, 0.1) is 0 Å². The van der Waals surface area contributed by atoms with E-state index in [2.05, 4.69) is 21.2 Å². The van der Waals surface area contributed by atoms with E-state index in [0.29, 0.717) is 22.1 Å². The average Bonchev–Trinajstić information content (AvgIpc) is 2.42. The fourth-order valence-corrected chi connectivity index (χ4v) is 1.87. The number of rotatable bonds is 4. The quantitative estimate of drug-likeness (QED) is 0.822. The van der Waals surface area contributed by atoms with Crippen molar-refractivity contribution >= 4 is 44.8 Å². The minimum absolute atomic E-state index is 0.0857. The number of anilines is 2. The van der Waals surface area contributed by atoms with E-state index in [1.54, 1.807) is 42.5 Å². The summed E-state index contributed by atoms with van der Waals surface area (Å²) >= 11 is 9.05. The van der Waals surface area contributed by atoms with Gasteiger partial charge in [0.25, 0.3) is 5.91 Å². The highest BCUT2D eigenvalue weighted by Gasteiger charge is 2.05. The average molecular weight is 356 g/mol. The lowest BCUT2D eigenvalue weighted by Crippen LogP contribution is -2.20. The van der Waals surface area contributed by atoms with Crippen molar-refractivity contribution in [2.75, 3.05) is 17.7 Å². The van der Waals surface area contributed by atoms with E-state index in [-0.39, 0.29) is 12.5 Å². The lowest BCUT2D eigenvalue weighted by atomic mass is 10.3. The Morgan fingerprint density at radius 1 is 1.25 bits per heavy atom. The number of nitrogens with two attached hydrogens (primary N) is 1. The van der Waals surface area contributed by atoms with Crippen molar-refractivity contribution in [3.8, 4) is 5.75 Å². The number of amides is 1. The van der Waals surface area contributed by atoms with Gasteiger partial charge < -0.3 is 15.8 Å². The van der Waals surface area contributed by atoms with Gasteiger partial charge in [-0.1, -0.05) is 11.6 Å². The summed E-state index contributed by atoms with van der Waals surface area (Å²) < 4.78 is 6.12. The predicted octanol–water partition coefficient (Wildman–Crippen LogP) is 3.70. The standard InChI is InChI=1S/C14H12BrClN2O2/c15-12-6-3-10(7-13(12)17)18-14(19)8-20-11-4-1-9(16)2-5-11/h1-7H,8,17H2,(H,18,19). The van der Waals surface area contributed by atoms with Crippen molar-refractivity contribution in [2.24, 2.45) is 0 Å². The van der Waals surface area contributed by atoms with Gasteiger partial charge in [0.2, 0.25) is 0 Å². The summed E-state index contributed by atoms with van der Waals surface area (Å²) in [5.41, 5.74) is 6.91. The van der Waals surface area contributed by atoms with Crippen LogP contribution in [-0.4, -0.2) is 12.5 Å². The minimum atomic E-state index is -0.262. The minimum Gasteiger partial charge on any atom is -0.484 e. The molecule has 2 aromatic rings. The van der Waals surface area contributed by atoms with E-state index in [1.807, 2.05) is 0 Å². The number of carbonyl (C=O) groups excluding carboxylic acids is 1. The Morgan fingerprint density at radius 3 is 2.60 bits per heavy atom. The molecular formula is C14H12BrClN2O2. The van der Waals surface area contributed by atoms with Crippen LogP contribution in [0.1, 0.15) is 0 Å². The van der Waals surface area contributed by atoms with Gasteiger partial charge in [-0.05, 0) is 58.4 Å². The van der Waals surface area contributed by atoms with Crippen LogP contribution in [0.3, 0.4) is 0 Å². The maximum absolute atomic E-state index is 11.7. The zero-order chi connectivity index (χ0) is 14.5. The van der Waals surface area contributed by atoms with Gasteiger partial charge in [0.1, 0.15) is 5.75 Å². The van der Waals surface area contributed by atoms with Crippen LogP contribution in [0.2, 0.25) is 5.02 Å². The van der Waals surface area contributed by atoms with E-state index < -0.39 is 0 Å². The number of hydrogen-bond acceptors (Lipinski definition) is 3. The van der Waals surface area contributed by atoms with Crippen molar-refractivity contribution in [1.29, 1.82) is 0 Å². The van der Waals surface area contributed by atoms with Gasteiger partial charge in [0, 0.05) is 20.9 Å². The summed E-state index contributed by atoms with van der Waals surface area (Å²) in [6, 6.07) is 12.0. The van der Waals surface area contributed by atoms with Crippen LogP contribution in [0.4, 0.5) is 11.4 Å². The summed E-state index contributed by atoms with van der Waals surface area (Å²) in [5, 5.41) is 3.32. The molecule has 104 valence electrons. The van der Waals surface area contributed by atoms with Gasteiger partial charge in [-0.15, -0.1) is 0 Å². The number of ether oxygens (including phenoxy) is 1. The molecule has 4 nitrogen and oxygen atoms in total. The van der Waals surface area contributed by atoms with Gasteiger partial charge in [0.15, 0.2) is 6.61 Å². The highest BCUT2D eigenvalue weighted by Crippen LogP contribution is 2.23. The van der Waals surface area contributed by atoms with Crippen LogP contribution in [0.5, 0.6) is 5.75 Å². The molecular weight excluding hydrogens is 344 g/mol. The van der Waals surface area contributed by atoms with Crippen molar-refractivity contribution in [1.82, 2.24) is 0 Å². The summed E-state index contributed by atoms with van der Waals surface area (Å²) in [4.78, 5) is 11.7. The van der Waals surface area contributed by atoms with E-state index in [0.717, 1.165) is 4.47 Å². The van der Waals surface area contributed by atoms with Crippen LogP contribution < -0.4 is 15.8 Å². The molecule has 0 bridgehead atoms. The van der Waals surface area contributed by atoms with E-state index in [9.17, 15) is 4.79 Å². The van der Waals surface area contributed by atoms with Crippen LogP contribution in [-0.2, 0) is 4.79 Å². The lowest BCUT2D eigenvalue weighted by Gasteiger charge is -2.08. The summed E-state index contributed by atoms with van der Waals surface area (Å²) in [7, 11) is 0. The molecule has 1 amide bonds. The zero-order valence-electron chi connectivity index (χ0n) is 10.4. The molecule has 2 aromatic carbocycles. The van der Waals surface area contributed by atoms with Crippen molar-refractivity contribution in [3.05, 3.63) is 52.0 Å². The monoisotopic (exact) mass is 354 g/mol. The molecule has 0 atom stereocenters. The second kappa shape index (κ2) is 6.63. The molecule has 0 aliphatic carbocycles. The first-order chi connectivity index (χ1) is 9.54. The third-order valence-electron chi connectivity index (χ3n) is 2.46. The van der Waals surface area contributed by atoms with Crippen LogP contribution in [0.25, 0.3) is 0 Å². The third kappa shape index (κ3) is 4.15. The molecule has 6 heteroatoms. The molecule has 0 aromatic heterocycles. The first-order valence-corrected chi connectivity index (χ1v) is 6.95. The molecule has 0 saturated carbocycles. The van der Waals surface area contributed by atoms with Crippen LogP contribution >= 0.6 is 27.5 Å². The molecule has 0 spiro atoms. The second-order valence-corrected chi connectivity index (χ2v) is 5.32.